The van der Waals surface area contributed by atoms with Crippen molar-refractivity contribution in [2.75, 3.05) is 0 Å². The van der Waals surface area contributed by atoms with Crippen LogP contribution in [-0.4, -0.2) is 5.91 Å². The molecule has 3 nitrogen and oxygen atoms in total. The Hall–Kier alpha value is -1.06. The van der Waals surface area contributed by atoms with Crippen molar-refractivity contribution >= 4 is 18.3 Å². The SMILES string of the molecule is Cl.O=C(CC1CCCCCC1)NCc1ccc2c(c1)CNC2. The van der Waals surface area contributed by atoms with Crippen molar-refractivity contribution in [2.24, 2.45) is 5.92 Å². The third-order valence-corrected chi connectivity index (χ3v) is 4.84. The van der Waals surface area contributed by atoms with Crippen molar-refractivity contribution in [3.63, 3.8) is 0 Å². The average Bonchev–Trinajstić information content (AvgIpc) is 2.81. The summed E-state index contributed by atoms with van der Waals surface area (Å²) in [6, 6.07) is 6.54. The van der Waals surface area contributed by atoms with Gasteiger partial charge in [-0.1, -0.05) is 43.9 Å². The zero-order valence-electron chi connectivity index (χ0n) is 13.2. The average molecular weight is 323 g/mol. The van der Waals surface area contributed by atoms with Crippen LogP contribution in [0.1, 0.15) is 61.6 Å². The third-order valence-electron chi connectivity index (χ3n) is 4.84. The van der Waals surface area contributed by atoms with Crippen LogP contribution in [0.3, 0.4) is 0 Å². The van der Waals surface area contributed by atoms with E-state index in [1.807, 2.05) is 0 Å². The second kappa shape index (κ2) is 8.54. The molecule has 0 spiro atoms. The first-order valence-corrected chi connectivity index (χ1v) is 8.39. The lowest BCUT2D eigenvalue weighted by atomic mass is 9.96. The first-order chi connectivity index (χ1) is 10.3. The van der Waals surface area contributed by atoms with E-state index in [0.717, 1.165) is 13.1 Å². The smallest absolute Gasteiger partial charge is 0.220 e. The first kappa shape index (κ1) is 17.3. The summed E-state index contributed by atoms with van der Waals surface area (Å²) >= 11 is 0. The van der Waals surface area contributed by atoms with Crippen LogP contribution in [0.2, 0.25) is 0 Å². The van der Waals surface area contributed by atoms with Crippen LogP contribution in [0.4, 0.5) is 0 Å². The highest BCUT2D eigenvalue weighted by Crippen LogP contribution is 2.25. The maximum Gasteiger partial charge on any atom is 0.220 e. The van der Waals surface area contributed by atoms with E-state index < -0.39 is 0 Å². The number of amides is 1. The summed E-state index contributed by atoms with van der Waals surface area (Å²) in [7, 11) is 0. The number of fused-ring (bicyclic) bond motifs is 1. The van der Waals surface area contributed by atoms with Crippen LogP contribution in [0.25, 0.3) is 0 Å². The van der Waals surface area contributed by atoms with E-state index in [2.05, 4.69) is 28.8 Å². The molecule has 1 aliphatic heterocycles. The van der Waals surface area contributed by atoms with Crippen molar-refractivity contribution in [2.45, 2.75) is 64.6 Å². The summed E-state index contributed by atoms with van der Waals surface area (Å²) in [6.45, 7) is 2.60. The zero-order valence-corrected chi connectivity index (χ0v) is 14.0. The molecule has 122 valence electrons. The minimum absolute atomic E-state index is 0. The largest absolute Gasteiger partial charge is 0.352 e. The van der Waals surface area contributed by atoms with E-state index in [-0.39, 0.29) is 18.3 Å². The molecule has 0 radical (unpaired) electrons. The molecule has 0 unspecified atom stereocenters. The molecule has 0 saturated heterocycles. The van der Waals surface area contributed by atoms with Gasteiger partial charge in [0.25, 0.3) is 0 Å². The van der Waals surface area contributed by atoms with Crippen molar-refractivity contribution in [3.8, 4) is 0 Å². The highest BCUT2D eigenvalue weighted by molar-refractivity contribution is 5.85. The van der Waals surface area contributed by atoms with Crippen molar-refractivity contribution in [1.82, 2.24) is 10.6 Å². The molecule has 1 fully saturated rings. The Morgan fingerprint density at radius 3 is 2.59 bits per heavy atom. The molecule has 22 heavy (non-hydrogen) atoms. The van der Waals surface area contributed by atoms with Crippen LogP contribution in [0.15, 0.2) is 18.2 Å². The highest BCUT2D eigenvalue weighted by Gasteiger charge is 2.16. The van der Waals surface area contributed by atoms with Crippen LogP contribution in [0.5, 0.6) is 0 Å². The summed E-state index contributed by atoms with van der Waals surface area (Å²) in [6.07, 6.45) is 8.48. The summed E-state index contributed by atoms with van der Waals surface area (Å²) in [5.74, 6) is 0.831. The number of carbonyl (C=O) groups is 1. The van der Waals surface area contributed by atoms with Gasteiger partial charge < -0.3 is 10.6 Å². The summed E-state index contributed by atoms with van der Waals surface area (Å²) in [4.78, 5) is 12.1. The van der Waals surface area contributed by atoms with Crippen LogP contribution < -0.4 is 10.6 Å². The maximum atomic E-state index is 12.1. The van der Waals surface area contributed by atoms with Crippen molar-refractivity contribution in [1.29, 1.82) is 0 Å². The van der Waals surface area contributed by atoms with Gasteiger partial charge >= 0.3 is 0 Å². The Kier molecular flexibility index (Phi) is 6.71. The Labute approximate surface area is 139 Å². The Morgan fingerprint density at radius 2 is 1.82 bits per heavy atom. The van der Waals surface area contributed by atoms with Crippen LogP contribution in [0, 0.1) is 5.92 Å². The van der Waals surface area contributed by atoms with Gasteiger partial charge in [-0.2, -0.15) is 0 Å². The topological polar surface area (TPSA) is 41.1 Å². The molecule has 1 aromatic rings. The molecule has 3 rings (SSSR count). The molecule has 4 heteroatoms. The molecule has 0 aromatic heterocycles. The number of nitrogens with one attached hydrogen (secondary N) is 2. The van der Waals surface area contributed by atoms with E-state index in [0.29, 0.717) is 18.9 Å². The predicted molar refractivity (Wildman–Crippen MR) is 91.9 cm³/mol. The van der Waals surface area contributed by atoms with Crippen LogP contribution >= 0.6 is 12.4 Å². The molecule has 1 heterocycles. The van der Waals surface area contributed by atoms with Gasteiger partial charge in [0.1, 0.15) is 0 Å². The van der Waals surface area contributed by atoms with Gasteiger partial charge in [0, 0.05) is 26.1 Å². The van der Waals surface area contributed by atoms with Gasteiger partial charge in [-0.25, -0.2) is 0 Å². The Bertz CT molecular complexity index is 496. The molecule has 1 aliphatic carbocycles. The lowest BCUT2D eigenvalue weighted by molar-refractivity contribution is -0.122. The molecule has 0 atom stereocenters. The fourth-order valence-electron chi connectivity index (χ4n) is 3.56. The van der Waals surface area contributed by atoms with Gasteiger partial charge in [-0.05, 0) is 35.4 Å². The van der Waals surface area contributed by atoms with Gasteiger partial charge in [0.2, 0.25) is 5.91 Å². The second-order valence-electron chi connectivity index (χ2n) is 6.55. The molecule has 2 N–H and O–H groups in total. The van der Waals surface area contributed by atoms with Gasteiger partial charge in [0.15, 0.2) is 0 Å². The van der Waals surface area contributed by atoms with Crippen molar-refractivity contribution < 1.29 is 4.79 Å². The first-order valence-electron chi connectivity index (χ1n) is 8.39. The molecular weight excluding hydrogens is 296 g/mol. The predicted octanol–water partition coefficient (Wildman–Crippen LogP) is 3.69. The summed E-state index contributed by atoms with van der Waals surface area (Å²) in [5, 5.41) is 6.45. The summed E-state index contributed by atoms with van der Waals surface area (Å²) in [5.41, 5.74) is 3.99. The van der Waals surface area contributed by atoms with E-state index in [9.17, 15) is 4.79 Å². The molecule has 1 amide bonds. The lowest BCUT2D eigenvalue weighted by Gasteiger charge is -2.14. The monoisotopic (exact) mass is 322 g/mol. The molecule has 1 saturated carbocycles. The normalized spacial score (nSPS) is 18.2. The Balaban J connectivity index is 0.00000176. The number of hydrogen-bond donors (Lipinski definition) is 2. The van der Waals surface area contributed by atoms with Gasteiger partial charge in [0.05, 0.1) is 0 Å². The van der Waals surface area contributed by atoms with Crippen molar-refractivity contribution in [3.05, 3.63) is 34.9 Å². The molecular formula is C18H27ClN2O. The molecule has 0 bridgehead atoms. The second-order valence-corrected chi connectivity index (χ2v) is 6.55. The van der Waals surface area contributed by atoms with Gasteiger partial charge in [-0.3, -0.25) is 4.79 Å². The fraction of sp³-hybridized carbons (Fsp3) is 0.611. The third kappa shape index (κ3) is 4.72. The Morgan fingerprint density at radius 1 is 1.09 bits per heavy atom. The molecule has 2 aliphatic rings. The fourth-order valence-corrected chi connectivity index (χ4v) is 3.56. The lowest BCUT2D eigenvalue weighted by Crippen LogP contribution is -2.25. The van der Waals surface area contributed by atoms with Gasteiger partial charge in [-0.15, -0.1) is 12.4 Å². The molecule has 1 aromatic carbocycles. The quantitative estimate of drug-likeness (QED) is 0.830. The van der Waals surface area contributed by atoms with E-state index >= 15 is 0 Å². The zero-order chi connectivity index (χ0) is 14.5. The highest BCUT2D eigenvalue weighted by atomic mass is 35.5. The number of carbonyl (C=O) groups excluding carboxylic acids is 1. The number of halogens is 1. The number of rotatable bonds is 4. The van der Waals surface area contributed by atoms with E-state index in [1.54, 1.807) is 0 Å². The van der Waals surface area contributed by atoms with E-state index in [1.165, 1.54) is 55.2 Å². The number of benzene rings is 1. The minimum atomic E-state index is 0. The maximum absolute atomic E-state index is 12.1. The van der Waals surface area contributed by atoms with Crippen LogP contribution in [-0.2, 0) is 24.4 Å². The van der Waals surface area contributed by atoms with E-state index in [4.69, 9.17) is 0 Å². The summed E-state index contributed by atoms with van der Waals surface area (Å²) < 4.78 is 0. The number of hydrogen-bond acceptors (Lipinski definition) is 2. The standard InChI is InChI=1S/C18H26N2O.ClH/c21-18(10-14-5-3-1-2-4-6-14)20-11-15-7-8-16-12-19-13-17(16)9-15;/h7-9,14,19H,1-6,10-13H2,(H,20,21);1H. The minimum Gasteiger partial charge on any atom is -0.352 e.